The lowest BCUT2D eigenvalue weighted by molar-refractivity contribution is -0.120. The molecule has 2 unspecified atom stereocenters. The third-order valence-electron chi connectivity index (χ3n) is 5.67. The lowest BCUT2D eigenvalue weighted by atomic mass is 9.73. The number of guanidine groups is 1. The normalized spacial score (nSPS) is 26.7. The third kappa shape index (κ3) is 4.92. The first-order valence-corrected chi connectivity index (χ1v) is 9.35. The quantitative estimate of drug-likeness (QED) is 0.378. The molecule has 152 valence electrons. The van der Waals surface area contributed by atoms with E-state index in [1.54, 1.807) is 22.8 Å². The van der Waals surface area contributed by atoms with E-state index >= 15 is 0 Å². The second kappa shape index (κ2) is 9.22. The predicted octanol–water partition coefficient (Wildman–Crippen LogP) is 1.20. The van der Waals surface area contributed by atoms with Gasteiger partial charge in [0.2, 0.25) is 5.91 Å². The molecule has 8 nitrogen and oxygen atoms in total. The number of halogens is 1. The van der Waals surface area contributed by atoms with Crippen LogP contribution in [0.5, 0.6) is 0 Å². The maximum Gasteiger partial charge on any atom is 0.246 e. The summed E-state index contributed by atoms with van der Waals surface area (Å²) in [6, 6.07) is 0. The van der Waals surface area contributed by atoms with Crippen LogP contribution in [0.25, 0.3) is 0 Å². The summed E-state index contributed by atoms with van der Waals surface area (Å²) < 4.78 is 1.70. The summed E-state index contributed by atoms with van der Waals surface area (Å²) in [5, 5.41) is 17.9. The van der Waals surface area contributed by atoms with Gasteiger partial charge in [-0.05, 0) is 12.8 Å². The zero-order chi connectivity index (χ0) is 18.7. The predicted molar refractivity (Wildman–Crippen MR) is 116 cm³/mol. The van der Waals surface area contributed by atoms with Gasteiger partial charge in [0.05, 0.1) is 18.0 Å². The third-order valence-corrected chi connectivity index (χ3v) is 5.67. The molecule has 27 heavy (non-hydrogen) atoms. The Morgan fingerprint density at radius 3 is 2.81 bits per heavy atom. The molecule has 1 aromatic rings. The lowest BCUT2D eigenvalue weighted by Crippen LogP contribution is -2.57. The highest BCUT2D eigenvalue weighted by molar-refractivity contribution is 14.0. The molecule has 0 bridgehead atoms. The number of piperazine rings is 1. The second-order valence-electron chi connectivity index (χ2n) is 7.66. The zero-order valence-electron chi connectivity index (χ0n) is 16.4. The molecule has 1 aliphatic carbocycles. The fourth-order valence-corrected chi connectivity index (χ4v) is 3.88. The Hall–Kier alpha value is -1.36. The van der Waals surface area contributed by atoms with Crippen molar-refractivity contribution in [1.29, 1.82) is 0 Å². The summed E-state index contributed by atoms with van der Waals surface area (Å²) in [6.07, 6.45) is 7.39. The van der Waals surface area contributed by atoms with Gasteiger partial charge < -0.3 is 20.2 Å². The van der Waals surface area contributed by atoms with Gasteiger partial charge in [-0.2, -0.15) is 5.10 Å². The number of aliphatic hydroxyl groups is 1. The van der Waals surface area contributed by atoms with Crippen molar-refractivity contribution in [3.05, 3.63) is 12.4 Å². The number of aliphatic hydroxyl groups excluding tert-OH is 1. The zero-order valence-corrected chi connectivity index (χ0v) is 18.7. The molecule has 2 aliphatic rings. The number of amides is 1. The first kappa shape index (κ1) is 21.9. The standard InChI is InChI=1S/C18H30N6O2.HI/c1-18(7-5-4-6-15(18)25)13-20-17(19-2)23-8-9-24(16(26)12-23)14-10-21-22(3)11-14;/h10-11,15,25H,4-9,12-13H2,1-3H3,(H,19,20);1H. The largest absolute Gasteiger partial charge is 0.392 e. The van der Waals surface area contributed by atoms with Gasteiger partial charge in [0.15, 0.2) is 5.96 Å². The Kier molecular flexibility index (Phi) is 7.49. The van der Waals surface area contributed by atoms with Gasteiger partial charge in [0, 0.05) is 45.3 Å². The highest BCUT2D eigenvalue weighted by Crippen LogP contribution is 2.35. The summed E-state index contributed by atoms with van der Waals surface area (Å²) in [5.74, 6) is 0.763. The summed E-state index contributed by atoms with van der Waals surface area (Å²) in [4.78, 5) is 20.7. The smallest absolute Gasteiger partial charge is 0.246 e. The van der Waals surface area contributed by atoms with E-state index in [4.69, 9.17) is 0 Å². The highest BCUT2D eigenvalue weighted by Gasteiger charge is 2.36. The Labute approximate surface area is 178 Å². The number of anilines is 1. The van der Waals surface area contributed by atoms with Gasteiger partial charge in [-0.15, -0.1) is 24.0 Å². The van der Waals surface area contributed by atoms with Crippen LogP contribution >= 0.6 is 24.0 Å². The van der Waals surface area contributed by atoms with Gasteiger partial charge in [-0.3, -0.25) is 14.5 Å². The van der Waals surface area contributed by atoms with E-state index in [0.29, 0.717) is 19.6 Å². The monoisotopic (exact) mass is 490 g/mol. The van der Waals surface area contributed by atoms with E-state index in [1.807, 2.05) is 18.1 Å². The maximum atomic E-state index is 12.6. The maximum absolute atomic E-state index is 12.6. The molecule has 0 aromatic carbocycles. The lowest BCUT2D eigenvalue weighted by Gasteiger charge is -2.40. The minimum Gasteiger partial charge on any atom is -0.392 e. The number of aromatic nitrogens is 2. The number of aliphatic imine (C=N–C) groups is 1. The van der Waals surface area contributed by atoms with E-state index in [1.165, 1.54) is 0 Å². The number of hydrogen-bond acceptors (Lipinski definition) is 4. The number of hydrogen-bond donors (Lipinski definition) is 2. The van der Waals surface area contributed by atoms with Crippen LogP contribution in [0.4, 0.5) is 5.69 Å². The Morgan fingerprint density at radius 2 is 2.22 bits per heavy atom. The van der Waals surface area contributed by atoms with Crippen LogP contribution in [-0.2, 0) is 11.8 Å². The molecule has 1 saturated carbocycles. The topological polar surface area (TPSA) is 86.0 Å². The van der Waals surface area contributed by atoms with E-state index in [0.717, 1.165) is 37.3 Å². The second-order valence-corrected chi connectivity index (χ2v) is 7.66. The van der Waals surface area contributed by atoms with Crippen molar-refractivity contribution in [2.45, 2.75) is 38.7 Å². The fraction of sp³-hybridized carbons (Fsp3) is 0.722. The van der Waals surface area contributed by atoms with Crippen molar-refractivity contribution >= 4 is 41.5 Å². The average molecular weight is 490 g/mol. The van der Waals surface area contributed by atoms with Gasteiger partial charge in [0.1, 0.15) is 6.54 Å². The minimum atomic E-state index is -0.286. The summed E-state index contributed by atoms with van der Waals surface area (Å²) in [5.41, 5.74) is 0.688. The van der Waals surface area contributed by atoms with Crippen molar-refractivity contribution in [3.63, 3.8) is 0 Å². The SMILES string of the molecule is CN=C(NCC1(C)CCCCC1O)N1CCN(c2cnn(C)c2)C(=O)C1.I. The molecule has 0 radical (unpaired) electrons. The van der Waals surface area contributed by atoms with Crippen molar-refractivity contribution < 1.29 is 9.90 Å². The number of rotatable bonds is 3. The molecule has 2 heterocycles. The van der Waals surface area contributed by atoms with Crippen molar-refractivity contribution in [2.24, 2.45) is 17.5 Å². The van der Waals surface area contributed by atoms with Crippen LogP contribution in [0.3, 0.4) is 0 Å². The van der Waals surface area contributed by atoms with E-state index in [-0.39, 0.29) is 47.9 Å². The number of carbonyl (C=O) groups excluding carboxylic acids is 1. The summed E-state index contributed by atoms with van der Waals surface area (Å²) >= 11 is 0. The molecule has 1 aromatic heterocycles. The average Bonchev–Trinajstić information content (AvgIpc) is 3.04. The Morgan fingerprint density at radius 1 is 1.44 bits per heavy atom. The molecule has 2 atom stereocenters. The van der Waals surface area contributed by atoms with Crippen molar-refractivity contribution in [1.82, 2.24) is 20.0 Å². The first-order chi connectivity index (χ1) is 12.4. The van der Waals surface area contributed by atoms with Crippen LogP contribution in [0.1, 0.15) is 32.6 Å². The molecule has 2 N–H and O–H groups in total. The Bertz CT molecular complexity index is 679. The van der Waals surface area contributed by atoms with Crippen LogP contribution in [0, 0.1) is 5.41 Å². The number of nitrogens with zero attached hydrogens (tertiary/aromatic N) is 5. The van der Waals surface area contributed by atoms with Gasteiger partial charge >= 0.3 is 0 Å². The molecule has 2 fully saturated rings. The first-order valence-electron chi connectivity index (χ1n) is 9.35. The number of nitrogens with one attached hydrogen (secondary N) is 1. The molecule has 9 heteroatoms. The minimum absolute atomic E-state index is 0. The fourth-order valence-electron chi connectivity index (χ4n) is 3.88. The van der Waals surface area contributed by atoms with Crippen molar-refractivity contribution in [2.75, 3.05) is 38.1 Å². The molecular formula is C18H31IN6O2. The number of carbonyl (C=O) groups is 1. The molecule has 0 spiro atoms. The Balaban J connectivity index is 0.00000261. The van der Waals surface area contributed by atoms with E-state index in [9.17, 15) is 9.90 Å². The van der Waals surface area contributed by atoms with E-state index in [2.05, 4.69) is 22.3 Å². The molecule has 1 amide bonds. The highest BCUT2D eigenvalue weighted by atomic mass is 127. The summed E-state index contributed by atoms with van der Waals surface area (Å²) in [7, 11) is 3.58. The van der Waals surface area contributed by atoms with Gasteiger partial charge in [-0.1, -0.05) is 19.8 Å². The van der Waals surface area contributed by atoms with Crippen molar-refractivity contribution in [3.8, 4) is 0 Å². The van der Waals surface area contributed by atoms with Crippen LogP contribution in [0.15, 0.2) is 17.4 Å². The van der Waals surface area contributed by atoms with Gasteiger partial charge in [0.25, 0.3) is 0 Å². The van der Waals surface area contributed by atoms with Gasteiger partial charge in [-0.25, -0.2) is 0 Å². The molecule has 3 rings (SSSR count). The molecule has 1 aliphatic heterocycles. The van der Waals surface area contributed by atoms with E-state index < -0.39 is 0 Å². The van der Waals surface area contributed by atoms with Crippen LogP contribution < -0.4 is 10.2 Å². The summed E-state index contributed by atoms with van der Waals surface area (Å²) in [6.45, 7) is 4.39. The van der Waals surface area contributed by atoms with Crippen LogP contribution in [-0.4, -0.2) is 71.0 Å². The molecule has 1 saturated heterocycles. The number of aryl methyl sites for hydroxylation is 1. The molecular weight excluding hydrogens is 459 g/mol. The van der Waals surface area contributed by atoms with Crippen LogP contribution in [0.2, 0.25) is 0 Å².